The molecule has 0 aliphatic rings. The Morgan fingerprint density at radius 1 is 0.957 bits per heavy atom. The zero-order chi connectivity index (χ0) is 16.9. The number of hydrogen-bond donors (Lipinski definition) is 1. The van der Waals surface area contributed by atoms with Gasteiger partial charge in [0, 0.05) is 0 Å². The van der Waals surface area contributed by atoms with Gasteiger partial charge in [-0.15, -0.1) is 0 Å². The summed E-state index contributed by atoms with van der Waals surface area (Å²) in [4.78, 5) is 0. The van der Waals surface area contributed by atoms with Crippen LogP contribution < -0.4 is 0 Å². The highest BCUT2D eigenvalue weighted by Gasteiger charge is 1.97. The molecule has 0 amide bonds. The molecule has 0 bridgehead atoms. The number of allylic oxidation sites excluding steroid dienone is 3. The molecule has 0 fully saturated rings. The van der Waals surface area contributed by atoms with E-state index in [1.54, 1.807) is 12.1 Å². The van der Waals surface area contributed by atoms with Crippen molar-refractivity contribution in [3.05, 3.63) is 60.9 Å². The molecule has 1 aromatic rings. The van der Waals surface area contributed by atoms with Crippen LogP contribution in [0.3, 0.4) is 0 Å². The fraction of sp³-hybridized carbons (Fsp3) is 0.429. The van der Waals surface area contributed by atoms with Gasteiger partial charge >= 0.3 is 0 Å². The lowest BCUT2D eigenvalue weighted by atomic mass is 10.1. The highest BCUT2D eigenvalue weighted by Crippen LogP contribution is 2.18. The van der Waals surface area contributed by atoms with Crippen molar-refractivity contribution in [3.63, 3.8) is 0 Å². The van der Waals surface area contributed by atoms with E-state index < -0.39 is 0 Å². The van der Waals surface area contributed by atoms with Crippen molar-refractivity contribution < 1.29 is 9.84 Å². The highest BCUT2D eigenvalue weighted by atomic mass is 16.5. The summed E-state index contributed by atoms with van der Waals surface area (Å²) in [6, 6.07) is 6.98. The maximum Gasteiger partial charge on any atom is 0.115 e. The molecule has 0 radical (unpaired) electrons. The molecule has 1 rings (SSSR count). The smallest absolute Gasteiger partial charge is 0.115 e. The molecule has 1 N–H and O–H groups in total. The molecule has 0 aliphatic carbocycles. The van der Waals surface area contributed by atoms with Crippen molar-refractivity contribution in [2.45, 2.75) is 51.9 Å². The predicted octanol–water partition coefficient (Wildman–Crippen LogP) is 6.24. The fourth-order valence-corrected chi connectivity index (χ4v) is 2.28. The van der Waals surface area contributed by atoms with Crippen LogP contribution >= 0.6 is 0 Å². The molecule has 0 unspecified atom stereocenters. The Kier molecular flexibility index (Phi) is 9.62. The van der Waals surface area contributed by atoms with Gasteiger partial charge in [0.15, 0.2) is 0 Å². The van der Waals surface area contributed by atoms with Crippen LogP contribution in [0.5, 0.6) is 5.75 Å². The summed E-state index contributed by atoms with van der Waals surface area (Å²) in [6.07, 6.45) is 12.7. The molecule has 0 saturated carbocycles. The van der Waals surface area contributed by atoms with E-state index in [4.69, 9.17) is 4.74 Å². The number of benzene rings is 1. The van der Waals surface area contributed by atoms with Crippen molar-refractivity contribution in [2.24, 2.45) is 0 Å². The van der Waals surface area contributed by atoms with Crippen LogP contribution in [0.25, 0.3) is 5.57 Å². The first-order chi connectivity index (χ1) is 11.1. The quantitative estimate of drug-likeness (QED) is 0.281. The molecule has 0 aliphatic heterocycles. The van der Waals surface area contributed by atoms with Gasteiger partial charge in [0.1, 0.15) is 11.5 Å². The van der Waals surface area contributed by atoms with E-state index in [0.29, 0.717) is 5.76 Å². The SMILES string of the molecule is C=C(/C=C\C(=C)c1ccc(O)cc1)OCCCCCCCCC. The molecule has 2 heteroatoms. The van der Waals surface area contributed by atoms with Crippen molar-refractivity contribution >= 4 is 5.57 Å². The molecule has 126 valence electrons. The summed E-state index contributed by atoms with van der Waals surface area (Å²) in [5.41, 5.74) is 1.84. The Hall–Kier alpha value is -1.96. The third kappa shape index (κ3) is 8.92. The molecule has 23 heavy (non-hydrogen) atoms. The molecule has 1 aromatic carbocycles. The molecule has 0 saturated heterocycles. The van der Waals surface area contributed by atoms with E-state index in [-0.39, 0.29) is 5.75 Å². The summed E-state index contributed by atoms with van der Waals surface area (Å²) in [7, 11) is 0. The molecule has 0 atom stereocenters. The summed E-state index contributed by atoms with van der Waals surface area (Å²) in [6.45, 7) is 10.9. The van der Waals surface area contributed by atoms with Gasteiger partial charge in [-0.25, -0.2) is 0 Å². The second kappa shape index (κ2) is 11.6. The van der Waals surface area contributed by atoms with Gasteiger partial charge in [0.25, 0.3) is 0 Å². The number of rotatable bonds is 12. The van der Waals surface area contributed by atoms with E-state index in [9.17, 15) is 5.11 Å². The minimum Gasteiger partial charge on any atom is -0.508 e. The minimum absolute atomic E-state index is 0.257. The standard InChI is InChI=1S/C21H30O2/c1-4-5-6-7-8-9-10-17-23-19(3)12-11-18(2)20-13-15-21(22)16-14-20/h11-16,22H,2-10,17H2,1H3/b12-11-. The van der Waals surface area contributed by atoms with E-state index in [0.717, 1.165) is 24.2 Å². The van der Waals surface area contributed by atoms with Crippen molar-refractivity contribution in [3.8, 4) is 5.75 Å². The van der Waals surface area contributed by atoms with Gasteiger partial charge in [0.2, 0.25) is 0 Å². The zero-order valence-corrected chi connectivity index (χ0v) is 14.4. The van der Waals surface area contributed by atoms with Gasteiger partial charge in [0.05, 0.1) is 6.61 Å². The summed E-state index contributed by atoms with van der Waals surface area (Å²) >= 11 is 0. The van der Waals surface area contributed by atoms with Crippen LogP contribution in [0.4, 0.5) is 0 Å². The van der Waals surface area contributed by atoms with Crippen molar-refractivity contribution in [2.75, 3.05) is 6.61 Å². The lowest BCUT2D eigenvalue weighted by molar-refractivity contribution is 0.218. The van der Waals surface area contributed by atoms with Crippen LogP contribution in [-0.2, 0) is 4.74 Å². The molecular formula is C21H30O2. The molecule has 0 aromatic heterocycles. The Balaban J connectivity index is 2.15. The number of ether oxygens (including phenoxy) is 1. The minimum atomic E-state index is 0.257. The molecule has 2 nitrogen and oxygen atoms in total. The van der Waals surface area contributed by atoms with Crippen LogP contribution in [0, 0.1) is 0 Å². The maximum absolute atomic E-state index is 9.28. The zero-order valence-electron chi connectivity index (χ0n) is 14.4. The van der Waals surface area contributed by atoms with E-state index in [1.807, 2.05) is 24.3 Å². The molecule has 0 heterocycles. The van der Waals surface area contributed by atoms with Gasteiger partial charge in [-0.3, -0.25) is 0 Å². The fourth-order valence-electron chi connectivity index (χ4n) is 2.28. The Morgan fingerprint density at radius 3 is 2.22 bits per heavy atom. The van der Waals surface area contributed by atoms with E-state index >= 15 is 0 Å². The van der Waals surface area contributed by atoms with Crippen LogP contribution in [0.1, 0.15) is 57.4 Å². The maximum atomic E-state index is 9.28. The van der Waals surface area contributed by atoms with Gasteiger partial charge in [-0.1, -0.05) is 76.8 Å². The molecular weight excluding hydrogens is 284 g/mol. The third-order valence-electron chi connectivity index (χ3n) is 3.74. The normalized spacial score (nSPS) is 10.8. The Morgan fingerprint density at radius 2 is 1.57 bits per heavy atom. The van der Waals surface area contributed by atoms with Gasteiger partial charge < -0.3 is 9.84 Å². The first-order valence-electron chi connectivity index (χ1n) is 8.61. The van der Waals surface area contributed by atoms with Gasteiger partial charge in [-0.05, 0) is 35.8 Å². The lowest BCUT2D eigenvalue weighted by Crippen LogP contribution is -1.92. The Labute approximate surface area is 141 Å². The van der Waals surface area contributed by atoms with E-state index in [2.05, 4.69) is 20.1 Å². The summed E-state index contributed by atoms with van der Waals surface area (Å²) in [5.74, 6) is 0.920. The summed E-state index contributed by atoms with van der Waals surface area (Å²) in [5, 5.41) is 9.28. The van der Waals surface area contributed by atoms with E-state index in [1.165, 1.54) is 38.5 Å². The van der Waals surface area contributed by atoms with Crippen LogP contribution in [0.2, 0.25) is 0 Å². The number of hydrogen-bond acceptors (Lipinski definition) is 2. The lowest BCUT2D eigenvalue weighted by Gasteiger charge is -2.06. The Bertz CT molecular complexity index is 497. The highest BCUT2D eigenvalue weighted by molar-refractivity contribution is 5.72. The van der Waals surface area contributed by atoms with Crippen molar-refractivity contribution in [1.29, 1.82) is 0 Å². The van der Waals surface area contributed by atoms with Crippen LogP contribution in [-0.4, -0.2) is 11.7 Å². The summed E-state index contributed by atoms with van der Waals surface area (Å²) < 4.78 is 5.61. The number of phenolic OH excluding ortho intramolecular Hbond substituents is 1. The molecule has 0 spiro atoms. The third-order valence-corrected chi connectivity index (χ3v) is 3.74. The first kappa shape index (κ1) is 19.1. The second-order valence-corrected chi connectivity index (χ2v) is 5.84. The predicted molar refractivity (Wildman–Crippen MR) is 99.4 cm³/mol. The first-order valence-corrected chi connectivity index (χ1v) is 8.61. The van der Waals surface area contributed by atoms with Crippen molar-refractivity contribution in [1.82, 2.24) is 0 Å². The number of unbranched alkanes of at least 4 members (excludes halogenated alkanes) is 6. The number of aromatic hydroxyl groups is 1. The topological polar surface area (TPSA) is 29.5 Å². The second-order valence-electron chi connectivity index (χ2n) is 5.84. The number of phenols is 1. The average molecular weight is 314 g/mol. The van der Waals surface area contributed by atoms with Gasteiger partial charge in [-0.2, -0.15) is 0 Å². The largest absolute Gasteiger partial charge is 0.508 e. The average Bonchev–Trinajstić information content (AvgIpc) is 2.55. The van der Waals surface area contributed by atoms with Crippen LogP contribution in [0.15, 0.2) is 55.3 Å². The monoisotopic (exact) mass is 314 g/mol.